The maximum Gasteiger partial charge on any atom is 0.207 e. The molecule has 84 valence electrons. The first kappa shape index (κ1) is 11.1. The molecule has 0 aliphatic rings. The van der Waals surface area contributed by atoms with Gasteiger partial charge in [-0.1, -0.05) is 0 Å². The maximum atomic E-state index is 13.4. The van der Waals surface area contributed by atoms with Crippen LogP contribution in [0.15, 0.2) is 29.0 Å². The van der Waals surface area contributed by atoms with Gasteiger partial charge in [-0.25, -0.2) is 9.37 Å². The van der Waals surface area contributed by atoms with Gasteiger partial charge in [-0.15, -0.1) is 0 Å². The molecule has 0 amide bonds. The van der Waals surface area contributed by atoms with E-state index in [-0.39, 0.29) is 5.82 Å². The number of anilines is 2. The van der Waals surface area contributed by atoms with E-state index >= 15 is 0 Å². The van der Waals surface area contributed by atoms with Gasteiger partial charge in [0, 0.05) is 25.1 Å². The van der Waals surface area contributed by atoms with E-state index in [1.165, 1.54) is 6.07 Å². The Morgan fingerprint density at radius 3 is 2.81 bits per heavy atom. The number of hydrogen-bond donors (Lipinski definition) is 1. The highest BCUT2D eigenvalue weighted by Gasteiger charge is 2.07. The third-order valence-corrected chi connectivity index (χ3v) is 2.94. The second-order valence-electron chi connectivity index (χ2n) is 3.57. The smallest absolute Gasteiger partial charge is 0.207 e. The average molecular weight is 284 g/mol. The molecule has 1 aromatic carbocycles. The zero-order chi connectivity index (χ0) is 11.7. The number of nitrogens with one attached hydrogen (secondary N) is 1. The normalized spacial score (nSPS) is 10.5. The first-order chi connectivity index (χ1) is 7.58. The number of hydrogen-bond acceptors (Lipinski definition) is 2. The Hall–Kier alpha value is -1.36. The number of rotatable bonds is 2. The van der Waals surface area contributed by atoms with Crippen molar-refractivity contribution in [2.24, 2.45) is 7.05 Å². The molecule has 0 saturated heterocycles. The number of aryl methyl sites for hydroxylation is 2. The molecular formula is C11H11BrFN3. The SMILES string of the molecule is Cc1cc(Br)c(F)cc1Nc1nccn1C. The Bertz CT molecular complexity index is 522. The fourth-order valence-corrected chi connectivity index (χ4v) is 1.85. The molecule has 0 aliphatic carbocycles. The zero-order valence-corrected chi connectivity index (χ0v) is 10.5. The van der Waals surface area contributed by atoms with E-state index in [4.69, 9.17) is 0 Å². The van der Waals surface area contributed by atoms with Crippen molar-refractivity contribution in [1.82, 2.24) is 9.55 Å². The summed E-state index contributed by atoms with van der Waals surface area (Å²) in [6, 6.07) is 3.19. The molecule has 1 aromatic heterocycles. The average Bonchev–Trinajstić information content (AvgIpc) is 2.61. The third-order valence-electron chi connectivity index (χ3n) is 2.33. The van der Waals surface area contributed by atoms with Crippen LogP contribution < -0.4 is 5.32 Å². The molecule has 0 unspecified atom stereocenters. The lowest BCUT2D eigenvalue weighted by molar-refractivity contribution is 0.621. The Morgan fingerprint density at radius 2 is 2.19 bits per heavy atom. The zero-order valence-electron chi connectivity index (χ0n) is 8.96. The second-order valence-corrected chi connectivity index (χ2v) is 4.42. The van der Waals surface area contributed by atoms with Crippen LogP contribution >= 0.6 is 15.9 Å². The van der Waals surface area contributed by atoms with Crippen molar-refractivity contribution in [3.05, 3.63) is 40.4 Å². The molecule has 0 aliphatic heterocycles. The molecule has 0 spiro atoms. The van der Waals surface area contributed by atoms with Gasteiger partial charge in [0.25, 0.3) is 0 Å². The Balaban J connectivity index is 2.35. The van der Waals surface area contributed by atoms with Gasteiger partial charge in [-0.3, -0.25) is 0 Å². The van der Waals surface area contributed by atoms with Gasteiger partial charge < -0.3 is 9.88 Å². The fraction of sp³-hybridized carbons (Fsp3) is 0.182. The number of benzene rings is 1. The Morgan fingerprint density at radius 1 is 1.44 bits per heavy atom. The largest absolute Gasteiger partial charge is 0.325 e. The summed E-state index contributed by atoms with van der Waals surface area (Å²) in [6.45, 7) is 1.91. The molecule has 0 fully saturated rings. The van der Waals surface area contributed by atoms with Crippen LogP contribution in [0.5, 0.6) is 0 Å². The van der Waals surface area contributed by atoms with E-state index in [0.29, 0.717) is 10.4 Å². The first-order valence-electron chi connectivity index (χ1n) is 4.78. The third kappa shape index (κ3) is 2.09. The summed E-state index contributed by atoms with van der Waals surface area (Å²) < 4.78 is 15.7. The molecule has 16 heavy (non-hydrogen) atoms. The van der Waals surface area contributed by atoms with Crippen molar-refractivity contribution in [3.8, 4) is 0 Å². The highest BCUT2D eigenvalue weighted by molar-refractivity contribution is 9.10. The minimum atomic E-state index is -0.290. The minimum absolute atomic E-state index is 0.290. The number of imidazole rings is 1. The quantitative estimate of drug-likeness (QED) is 0.916. The summed E-state index contributed by atoms with van der Waals surface area (Å²) in [5, 5.41) is 3.08. The lowest BCUT2D eigenvalue weighted by Gasteiger charge is -2.10. The molecule has 0 saturated carbocycles. The van der Waals surface area contributed by atoms with E-state index in [1.807, 2.05) is 24.7 Å². The Kier molecular flexibility index (Phi) is 2.96. The lowest BCUT2D eigenvalue weighted by atomic mass is 10.2. The summed E-state index contributed by atoms with van der Waals surface area (Å²) in [7, 11) is 1.87. The number of nitrogens with zero attached hydrogens (tertiary/aromatic N) is 2. The summed E-state index contributed by atoms with van der Waals surface area (Å²) in [6.07, 6.45) is 3.51. The van der Waals surface area contributed by atoms with Crippen molar-refractivity contribution in [3.63, 3.8) is 0 Å². The van der Waals surface area contributed by atoms with Gasteiger partial charge in [0.05, 0.1) is 4.47 Å². The van der Waals surface area contributed by atoms with E-state index in [1.54, 1.807) is 12.3 Å². The van der Waals surface area contributed by atoms with Crippen molar-refractivity contribution in [1.29, 1.82) is 0 Å². The van der Waals surface area contributed by atoms with Gasteiger partial charge >= 0.3 is 0 Å². The van der Waals surface area contributed by atoms with Crippen molar-refractivity contribution < 1.29 is 4.39 Å². The standard InChI is InChI=1S/C11H11BrFN3/c1-7-5-8(12)9(13)6-10(7)15-11-14-3-4-16(11)2/h3-6H,1-2H3,(H,14,15). The van der Waals surface area contributed by atoms with Crippen molar-refractivity contribution in [2.75, 3.05) is 5.32 Å². The topological polar surface area (TPSA) is 29.9 Å². The van der Waals surface area contributed by atoms with Gasteiger partial charge in [0.15, 0.2) is 0 Å². The molecule has 1 N–H and O–H groups in total. The van der Waals surface area contributed by atoms with Gasteiger partial charge in [-0.05, 0) is 40.5 Å². The van der Waals surface area contributed by atoms with E-state index < -0.39 is 0 Å². The molecular weight excluding hydrogens is 273 g/mol. The second kappa shape index (κ2) is 4.25. The van der Waals surface area contributed by atoms with Crippen molar-refractivity contribution >= 4 is 27.6 Å². The molecule has 1 heterocycles. The van der Waals surface area contributed by atoms with Crippen LogP contribution in [0.2, 0.25) is 0 Å². The van der Waals surface area contributed by atoms with Crippen LogP contribution in [0.25, 0.3) is 0 Å². The highest BCUT2D eigenvalue weighted by Crippen LogP contribution is 2.25. The molecule has 5 heteroatoms. The molecule has 2 rings (SSSR count). The monoisotopic (exact) mass is 283 g/mol. The van der Waals surface area contributed by atoms with Crippen molar-refractivity contribution in [2.45, 2.75) is 6.92 Å². The van der Waals surface area contributed by atoms with E-state index in [9.17, 15) is 4.39 Å². The van der Waals surface area contributed by atoms with Crippen LogP contribution in [0.1, 0.15) is 5.56 Å². The van der Waals surface area contributed by atoms with Crippen LogP contribution in [-0.2, 0) is 7.05 Å². The van der Waals surface area contributed by atoms with Gasteiger partial charge in [-0.2, -0.15) is 0 Å². The van der Waals surface area contributed by atoms with Crippen LogP contribution in [0.3, 0.4) is 0 Å². The summed E-state index contributed by atoms with van der Waals surface area (Å²) >= 11 is 3.15. The molecule has 0 radical (unpaired) electrons. The Labute approximate surface area is 101 Å². The molecule has 0 atom stereocenters. The predicted molar refractivity (Wildman–Crippen MR) is 65.3 cm³/mol. The van der Waals surface area contributed by atoms with E-state index in [2.05, 4.69) is 26.2 Å². The fourth-order valence-electron chi connectivity index (χ4n) is 1.39. The van der Waals surface area contributed by atoms with E-state index in [0.717, 1.165) is 11.3 Å². The first-order valence-corrected chi connectivity index (χ1v) is 5.57. The lowest BCUT2D eigenvalue weighted by Crippen LogP contribution is -2.00. The van der Waals surface area contributed by atoms with Crippen LogP contribution in [-0.4, -0.2) is 9.55 Å². The minimum Gasteiger partial charge on any atom is -0.325 e. The highest BCUT2D eigenvalue weighted by atomic mass is 79.9. The van der Waals surface area contributed by atoms with Gasteiger partial charge in [0.2, 0.25) is 5.95 Å². The van der Waals surface area contributed by atoms with Crippen LogP contribution in [0.4, 0.5) is 16.0 Å². The summed E-state index contributed by atoms with van der Waals surface area (Å²) in [4.78, 5) is 4.12. The maximum absolute atomic E-state index is 13.4. The molecule has 3 nitrogen and oxygen atoms in total. The summed E-state index contributed by atoms with van der Waals surface area (Å²) in [5.41, 5.74) is 1.67. The summed E-state index contributed by atoms with van der Waals surface area (Å²) in [5.74, 6) is 0.395. The van der Waals surface area contributed by atoms with Crippen LogP contribution in [0, 0.1) is 12.7 Å². The predicted octanol–water partition coefficient (Wildman–Crippen LogP) is 3.37. The molecule has 0 bridgehead atoms. The number of halogens is 2. The number of aromatic nitrogens is 2. The molecule has 2 aromatic rings. The van der Waals surface area contributed by atoms with Gasteiger partial charge in [0.1, 0.15) is 5.82 Å².